The van der Waals surface area contributed by atoms with E-state index in [4.69, 9.17) is 4.52 Å². The second-order valence-electron chi connectivity index (χ2n) is 6.17. The second-order valence-corrected chi connectivity index (χ2v) is 6.17. The Labute approximate surface area is 150 Å². The van der Waals surface area contributed by atoms with Crippen LogP contribution in [0.25, 0.3) is 11.0 Å². The fourth-order valence-corrected chi connectivity index (χ4v) is 2.94. The first kappa shape index (κ1) is 16.2. The molecule has 0 saturated heterocycles. The summed E-state index contributed by atoms with van der Waals surface area (Å²) in [5.41, 5.74) is 1.90. The highest BCUT2D eigenvalue weighted by molar-refractivity contribution is 5.86. The molecule has 0 fully saturated rings. The second kappa shape index (κ2) is 6.55. The molecule has 1 unspecified atom stereocenters. The molecule has 132 valence electrons. The molecule has 0 amide bonds. The molecule has 0 spiro atoms. The molecule has 0 aliphatic carbocycles. The fraction of sp³-hybridized carbons (Fsp3) is 0.278. The third-order valence-electron chi connectivity index (χ3n) is 4.17. The van der Waals surface area contributed by atoms with E-state index in [1.54, 1.807) is 10.9 Å². The largest absolute Gasteiger partial charge is 0.362 e. The van der Waals surface area contributed by atoms with Crippen molar-refractivity contribution >= 4 is 16.9 Å². The number of nitrogens with one attached hydrogen (secondary N) is 1. The molecule has 1 N–H and O–H groups in total. The Balaban J connectivity index is 1.73. The van der Waals surface area contributed by atoms with Crippen LogP contribution in [-0.2, 0) is 13.5 Å². The van der Waals surface area contributed by atoms with E-state index in [1.165, 1.54) is 0 Å². The van der Waals surface area contributed by atoms with Crippen LogP contribution in [0.3, 0.4) is 0 Å². The first-order valence-corrected chi connectivity index (χ1v) is 8.37. The maximum Gasteiger partial charge on any atom is 0.229 e. The summed E-state index contributed by atoms with van der Waals surface area (Å²) in [5, 5.41) is 12.6. The minimum atomic E-state index is -0.0752. The summed E-state index contributed by atoms with van der Waals surface area (Å²) in [4.78, 5) is 13.4. The van der Waals surface area contributed by atoms with Crippen LogP contribution in [0.15, 0.2) is 41.1 Å². The Morgan fingerprint density at radius 2 is 1.88 bits per heavy atom. The van der Waals surface area contributed by atoms with Crippen molar-refractivity contribution in [1.29, 1.82) is 0 Å². The third-order valence-corrected chi connectivity index (χ3v) is 4.17. The van der Waals surface area contributed by atoms with Crippen LogP contribution < -0.4 is 5.32 Å². The van der Waals surface area contributed by atoms with Gasteiger partial charge in [0.1, 0.15) is 11.6 Å². The zero-order chi connectivity index (χ0) is 18.1. The molecule has 1 aromatic carbocycles. The van der Waals surface area contributed by atoms with Gasteiger partial charge in [0.2, 0.25) is 5.89 Å². The van der Waals surface area contributed by atoms with E-state index in [0.29, 0.717) is 24.0 Å². The van der Waals surface area contributed by atoms with Crippen LogP contribution in [0.1, 0.15) is 29.1 Å². The van der Waals surface area contributed by atoms with E-state index < -0.39 is 0 Å². The van der Waals surface area contributed by atoms with Gasteiger partial charge in [0.15, 0.2) is 11.5 Å². The van der Waals surface area contributed by atoms with Crippen LogP contribution in [0, 0.1) is 13.8 Å². The number of hydrogen-bond donors (Lipinski definition) is 1. The zero-order valence-corrected chi connectivity index (χ0v) is 14.8. The smallest absolute Gasteiger partial charge is 0.229 e. The molecular formula is C18H19N7O. The molecule has 3 aromatic heterocycles. The van der Waals surface area contributed by atoms with Gasteiger partial charge in [-0.15, -0.1) is 0 Å². The highest BCUT2D eigenvalue weighted by Crippen LogP contribution is 2.26. The summed E-state index contributed by atoms with van der Waals surface area (Å²) in [5.74, 6) is 2.63. The average Bonchev–Trinajstić information content (AvgIpc) is 3.21. The van der Waals surface area contributed by atoms with E-state index in [0.717, 1.165) is 22.4 Å². The van der Waals surface area contributed by atoms with Gasteiger partial charge >= 0.3 is 0 Å². The van der Waals surface area contributed by atoms with Crippen molar-refractivity contribution in [2.75, 3.05) is 5.32 Å². The molecule has 0 aliphatic heterocycles. The minimum Gasteiger partial charge on any atom is -0.362 e. The van der Waals surface area contributed by atoms with Crippen LogP contribution >= 0.6 is 0 Å². The van der Waals surface area contributed by atoms with E-state index in [9.17, 15) is 0 Å². The Hall–Kier alpha value is -3.29. The topological polar surface area (TPSA) is 94.5 Å². The van der Waals surface area contributed by atoms with Gasteiger partial charge in [0.05, 0.1) is 24.0 Å². The van der Waals surface area contributed by atoms with Crippen LogP contribution in [0.2, 0.25) is 0 Å². The number of anilines is 1. The molecule has 8 nitrogen and oxygen atoms in total. The molecule has 0 bridgehead atoms. The minimum absolute atomic E-state index is 0.0752. The van der Waals surface area contributed by atoms with E-state index in [1.807, 2.05) is 39.1 Å². The van der Waals surface area contributed by atoms with Crippen molar-refractivity contribution in [3.63, 3.8) is 0 Å². The fourth-order valence-electron chi connectivity index (χ4n) is 2.94. The molecule has 0 saturated carbocycles. The van der Waals surface area contributed by atoms with Crippen LogP contribution in [0.5, 0.6) is 0 Å². The number of hydrogen-bond acceptors (Lipinski definition) is 7. The van der Waals surface area contributed by atoms with Crippen molar-refractivity contribution in [1.82, 2.24) is 29.9 Å². The highest BCUT2D eigenvalue weighted by atomic mass is 16.5. The van der Waals surface area contributed by atoms with E-state index in [2.05, 4.69) is 42.7 Å². The maximum absolute atomic E-state index is 5.32. The predicted octanol–water partition coefficient (Wildman–Crippen LogP) is 2.76. The molecule has 1 atom stereocenters. The molecule has 8 heteroatoms. The quantitative estimate of drug-likeness (QED) is 0.592. The SMILES string of the molecule is Cc1noc(CC(Nc2nc(C)nc3c2cnn3C)c2ccccc2)n1. The lowest BCUT2D eigenvalue weighted by atomic mass is 10.0. The van der Waals surface area contributed by atoms with Crippen molar-refractivity contribution in [3.05, 3.63) is 59.6 Å². The van der Waals surface area contributed by atoms with Gasteiger partial charge in [-0.25, -0.2) is 9.97 Å². The number of rotatable bonds is 5. The number of aromatic nitrogens is 6. The molecule has 4 aromatic rings. The summed E-state index contributed by atoms with van der Waals surface area (Å²) in [7, 11) is 1.87. The van der Waals surface area contributed by atoms with Gasteiger partial charge in [-0.3, -0.25) is 4.68 Å². The zero-order valence-electron chi connectivity index (χ0n) is 14.8. The Morgan fingerprint density at radius 3 is 2.62 bits per heavy atom. The molecule has 3 heterocycles. The Kier molecular flexibility index (Phi) is 4.08. The standard InChI is InChI=1S/C18H19N7O/c1-11-21-17(14-10-19-25(3)18(14)22-11)23-15(13-7-5-4-6-8-13)9-16-20-12(2)24-26-16/h4-8,10,15H,9H2,1-3H3,(H,21,22,23). The van der Waals surface area contributed by atoms with Gasteiger partial charge in [0, 0.05) is 7.05 Å². The molecule has 0 radical (unpaired) electrons. The van der Waals surface area contributed by atoms with Gasteiger partial charge in [-0.05, 0) is 19.4 Å². The summed E-state index contributed by atoms with van der Waals surface area (Å²) < 4.78 is 7.06. The first-order chi connectivity index (χ1) is 12.6. The number of nitrogens with zero attached hydrogens (tertiary/aromatic N) is 6. The summed E-state index contributed by atoms with van der Waals surface area (Å²) >= 11 is 0. The van der Waals surface area contributed by atoms with E-state index in [-0.39, 0.29) is 6.04 Å². The summed E-state index contributed by atoms with van der Waals surface area (Å²) in [6.45, 7) is 3.68. The lowest BCUT2D eigenvalue weighted by Gasteiger charge is -2.19. The monoisotopic (exact) mass is 349 g/mol. The predicted molar refractivity (Wildman–Crippen MR) is 96.6 cm³/mol. The Bertz CT molecular complexity index is 1040. The van der Waals surface area contributed by atoms with Crippen molar-refractivity contribution in [2.24, 2.45) is 7.05 Å². The van der Waals surface area contributed by atoms with Crippen LogP contribution in [-0.4, -0.2) is 29.9 Å². The summed E-state index contributed by atoms with van der Waals surface area (Å²) in [6.07, 6.45) is 2.33. The number of fused-ring (bicyclic) bond motifs is 1. The maximum atomic E-state index is 5.32. The number of aryl methyl sites for hydroxylation is 3. The molecular weight excluding hydrogens is 330 g/mol. The van der Waals surface area contributed by atoms with Gasteiger partial charge in [-0.1, -0.05) is 35.5 Å². The van der Waals surface area contributed by atoms with Gasteiger partial charge in [0.25, 0.3) is 0 Å². The van der Waals surface area contributed by atoms with Crippen molar-refractivity contribution < 1.29 is 4.52 Å². The highest BCUT2D eigenvalue weighted by Gasteiger charge is 2.19. The molecule has 4 rings (SSSR count). The van der Waals surface area contributed by atoms with Crippen molar-refractivity contribution in [2.45, 2.75) is 26.3 Å². The average molecular weight is 349 g/mol. The van der Waals surface area contributed by atoms with E-state index >= 15 is 0 Å². The number of benzene rings is 1. The summed E-state index contributed by atoms with van der Waals surface area (Å²) in [6, 6.07) is 10.1. The van der Waals surface area contributed by atoms with Crippen molar-refractivity contribution in [3.8, 4) is 0 Å². The first-order valence-electron chi connectivity index (χ1n) is 8.37. The lowest BCUT2D eigenvalue weighted by Crippen LogP contribution is -2.15. The lowest BCUT2D eigenvalue weighted by molar-refractivity contribution is 0.369. The van der Waals surface area contributed by atoms with Gasteiger partial charge < -0.3 is 9.84 Å². The molecule has 0 aliphatic rings. The van der Waals surface area contributed by atoms with Gasteiger partial charge in [-0.2, -0.15) is 10.1 Å². The van der Waals surface area contributed by atoms with Crippen LogP contribution in [0.4, 0.5) is 5.82 Å². The Morgan fingerprint density at radius 1 is 1.08 bits per heavy atom. The third kappa shape index (κ3) is 3.13. The molecule has 26 heavy (non-hydrogen) atoms. The normalized spacial score (nSPS) is 12.4.